The highest BCUT2D eigenvalue weighted by molar-refractivity contribution is 5.76. The monoisotopic (exact) mass is 493 g/mol. The van der Waals surface area contributed by atoms with E-state index in [2.05, 4.69) is 28.9 Å². The number of nitrogens with zero attached hydrogens (tertiary/aromatic N) is 2. The summed E-state index contributed by atoms with van der Waals surface area (Å²) in [7, 11) is 1.93. The number of hydrogen-bond acceptors (Lipinski definition) is 6. The molecule has 4 rings (SSSR count). The third-order valence-corrected chi connectivity index (χ3v) is 7.77. The number of carbonyl (C=O) groups excluding carboxylic acids is 1. The molecule has 0 saturated carbocycles. The van der Waals surface area contributed by atoms with Gasteiger partial charge in [-0.2, -0.15) is 0 Å². The van der Waals surface area contributed by atoms with Crippen molar-refractivity contribution in [3.63, 3.8) is 0 Å². The lowest BCUT2D eigenvalue weighted by Crippen LogP contribution is -2.56. The zero-order valence-electron chi connectivity index (χ0n) is 21.2. The Morgan fingerprint density at radius 1 is 1.08 bits per heavy atom. The Morgan fingerprint density at radius 3 is 2.39 bits per heavy atom. The summed E-state index contributed by atoms with van der Waals surface area (Å²) < 4.78 is 5.42. The van der Waals surface area contributed by atoms with E-state index in [0.29, 0.717) is 38.4 Å². The molecule has 2 saturated heterocycles. The molecule has 0 spiro atoms. The molecule has 0 bridgehead atoms. The van der Waals surface area contributed by atoms with Crippen molar-refractivity contribution < 1.29 is 19.7 Å². The number of anilines is 1. The highest BCUT2D eigenvalue weighted by Crippen LogP contribution is 2.35. The Labute approximate surface area is 214 Å². The lowest BCUT2D eigenvalue weighted by atomic mass is 9.83. The number of amides is 1. The second-order valence-corrected chi connectivity index (χ2v) is 10.0. The minimum atomic E-state index is -1.19. The fourth-order valence-corrected chi connectivity index (χ4v) is 5.30. The van der Waals surface area contributed by atoms with Crippen molar-refractivity contribution in [2.24, 2.45) is 5.92 Å². The van der Waals surface area contributed by atoms with Gasteiger partial charge in [-0.1, -0.05) is 55.1 Å². The maximum absolute atomic E-state index is 12.4. The van der Waals surface area contributed by atoms with E-state index in [1.807, 2.05) is 49.5 Å². The van der Waals surface area contributed by atoms with E-state index in [-0.39, 0.29) is 12.7 Å². The molecule has 36 heavy (non-hydrogen) atoms. The van der Waals surface area contributed by atoms with Gasteiger partial charge in [0.2, 0.25) is 0 Å². The minimum absolute atomic E-state index is 0.228. The van der Waals surface area contributed by atoms with Crippen molar-refractivity contribution >= 4 is 17.4 Å². The average Bonchev–Trinajstić information content (AvgIpc) is 2.92. The van der Waals surface area contributed by atoms with Gasteiger partial charge in [0, 0.05) is 37.9 Å². The summed E-state index contributed by atoms with van der Waals surface area (Å²) in [6.07, 6.45) is 1.39. The van der Waals surface area contributed by atoms with Crippen LogP contribution in [-0.2, 0) is 11.3 Å². The molecule has 7 nitrogen and oxygen atoms in total. The van der Waals surface area contributed by atoms with Gasteiger partial charge in [-0.25, -0.2) is 4.79 Å². The minimum Gasteiger partial charge on any atom is -0.445 e. The van der Waals surface area contributed by atoms with Gasteiger partial charge >= 0.3 is 6.09 Å². The predicted molar refractivity (Wildman–Crippen MR) is 143 cm³/mol. The summed E-state index contributed by atoms with van der Waals surface area (Å²) in [6.45, 7) is 7.50. The summed E-state index contributed by atoms with van der Waals surface area (Å²) in [5, 5.41) is 25.3. The van der Waals surface area contributed by atoms with Crippen molar-refractivity contribution in [2.75, 3.05) is 45.1 Å². The van der Waals surface area contributed by atoms with Crippen molar-refractivity contribution in [3.8, 4) is 0 Å². The number of benzene rings is 2. The quantitative estimate of drug-likeness (QED) is 0.516. The molecule has 1 atom stereocenters. The van der Waals surface area contributed by atoms with Crippen molar-refractivity contribution in [3.05, 3.63) is 72.3 Å². The smallest absolute Gasteiger partial charge is 0.410 e. The summed E-state index contributed by atoms with van der Waals surface area (Å²) in [5.74, 6) is 0.404. The Hall–Kier alpha value is -2.87. The Kier molecular flexibility index (Phi) is 8.67. The first kappa shape index (κ1) is 26.2. The maximum atomic E-state index is 12.4. The summed E-state index contributed by atoms with van der Waals surface area (Å²) in [4.78, 5) is 16.3. The molecular formula is C29H39N3O4. The number of aliphatic hydroxyl groups is 2. The summed E-state index contributed by atoms with van der Waals surface area (Å²) >= 11 is 0. The first-order chi connectivity index (χ1) is 17.4. The van der Waals surface area contributed by atoms with E-state index in [1.54, 1.807) is 4.90 Å². The van der Waals surface area contributed by atoms with Gasteiger partial charge in [0.05, 0.1) is 11.7 Å². The van der Waals surface area contributed by atoms with Gasteiger partial charge in [0.15, 0.2) is 0 Å². The van der Waals surface area contributed by atoms with Gasteiger partial charge < -0.3 is 30.1 Å². The molecule has 2 aliphatic heterocycles. The van der Waals surface area contributed by atoms with Crippen LogP contribution in [0.2, 0.25) is 0 Å². The van der Waals surface area contributed by atoms with Crippen molar-refractivity contribution in [1.29, 1.82) is 0 Å². The van der Waals surface area contributed by atoms with Gasteiger partial charge in [0.25, 0.3) is 0 Å². The molecular weight excluding hydrogens is 454 g/mol. The van der Waals surface area contributed by atoms with Gasteiger partial charge in [-0.05, 0) is 61.9 Å². The first-order valence-corrected chi connectivity index (χ1v) is 12.9. The number of β-amino-alcohol motifs (C(OH)–C–C–N with tert-alkyl or cyclic N) is 1. The molecule has 2 aromatic carbocycles. The number of carbonyl (C=O) groups is 1. The summed E-state index contributed by atoms with van der Waals surface area (Å²) in [5.41, 5.74) is 3.17. The SMILES string of the molecule is C=C(c1ccccc1NC)C1CCN(CC(O)C2(O)CCN(C(=O)OCc3ccccc3)CC2)CC1. The van der Waals surface area contributed by atoms with Crippen LogP contribution in [0.4, 0.5) is 10.5 Å². The maximum Gasteiger partial charge on any atom is 0.410 e. The number of para-hydroxylation sites is 1. The van der Waals surface area contributed by atoms with Gasteiger partial charge in [0.1, 0.15) is 6.61 Å². The van der Waals surface area contributed by atoms with E-state index < -0.39 is 11.7 Å². The van der Waals surface area contributed by atoms with Crippen LogP contribution in [0, 0.1) is 5.92 Å². The lowest BCUT2D eigenvalue weighted by molar-refractivity contribution is -0.116. The molecule has 194 valence electrons. The van der Waals surface area contributed by atoms with E-state index in [9.17, 15) is 15.0 Å². The van der Waals surface area contributed by atoms with Crippen LogP contribution in [0.25, 0.3) is 5.57 Å². The third kappa shape index (κ3) is 6.27. The lowest BCUT2D eigenvalue weighted by Gasteiger charge is -2.43. The molecule has 3 N–H and O–H groups in total. The summed E-state index contributed by atoms with van der Waals surface area (Å²) in [6, 6.07) is 17.8. The topological polar surface area (TPSA) is 85.3 Å². The van der Waals surface area contributed by atoms with Crippen molar-refractivity contribution in [1.82, 2.24) is 9.80 Å². The number of aliphatic hydroxyl groups excluding tert-OH is 1. The number of piperidine rings is 2. The predicted octanol–water partition coefficient (Wildman–Crippen LogP) is 3.98. The molecule has 0 aliphatic carbocycles. The number of ether oxygens (including phenoxy) is 1. The Morgan fingerprint density at radius 2 is 1.72 bits per heavy atom. The first-order valence-electron chi connectivity index (χ1n) is 12.9. The molecule has 0 aromatic heterocycles. The third-order valence-electron chi connectivity index (χ3n) is 7.77. The zero-order valence-corrected chi connectivity index (χ0v) is 21.2. The second-order valence-electron chi connectivity index (χ2n) is 10.0. The van der Waals surface area contributed by atoms with Crippen molar-refractivity contribution in [2.45, 2.75) is 44.0 Å². The molecule has 2 aromatic rings. The standard InChI is InChI=1S/C29H39N3O4/c1-22(25-10-6-7-11-26(25)30-2)24-12-16-31(17-13-24)20-27(33)29(35)14-18-32(19-15-29)28(34)36-21-23-8-4-3-5-9-23/h3-11,24,27,30,33,35H,1,12-21H2,2H3. The van der Waals surface area contributed by atoms with E-state index in [1.165, 1.54) is 5.56 Å². The highest BCUT2D eigenvalue weighted by atomic mass is 16.6. The number of hydrogen-bond donors (Lipinski definition) is 3. The second kappa shape index (κ2) is 11.9. The average molecular weight is 494 g/mol. The van der Waals surface area contributed by atoms with E-state index >= 15 is 0 Å². The molecule has 1 unspecified atom stereocenters. The van der Waals surface area contributed by atoms with Crippen LogP contribution in [0.1, 0.15) is 36.8 Å². The molecule has 7 heteroatoms. The Balaban J connectivity index is 1.21. The van der Waals surface area contributed by atoms with Crippen LogP contribution in [-0.4, -0.2) is 77.6 Å². The number of nitrogens with one attached hydrogen (secondary N) is 1. The van der Waals surface area contributed by atoms with Gasteiger partial charge in [-0.15, -0.1) is 0 Å². The highest BCUT2D eigenvalue weighted by Gasteiger charge is 2.41. The van der Waals surface area contributed by atoms with E-state index in [0.717, 1.165) is 42.8 Å². The number of allylic oxidation sites excluding steroid dienone is 1. The molecule has 0 radical (unpaired) electrons. The van der Waals surface area contributed by atoms with Crippen LogP contribution in [0.5, 0.6) is 0 Å². The molecule has 2 fully saturated rings. The van der Waals surface area contributed by atoms with Crippen LogP contribution >= 0.6 is 0 Å². The fraction of sp³-hybridized carbons (Fsp3) is 0.483. The zero-order chi connectivity index (χ0) is 25.5. The number of likely N-dealkylation sites (tertiary alicyclic amines) is 2. The van der Waals surface area contributed by atoms with Crippen LogP contribution in [0.15, 0.2) is 61.2 Å². The fourth-order valence-electron chi connectivity index (χ4n) is 5.30. The number of rotatable bonds is 8. The Bertz CT molecular complexity index is 1010. The van der Waals surface area contributed by atoms with Crippen LogP contribution < -0.4 is 5.32 Å². The molecule has 2 aliphatic rings. The van der Waals surface area contributed by atoms with E-state index in [4.69, 9.17) is 4.74 Å². The normalized spacial score (nSPS) is 19.5. The van der Waals surface area contributed by atoms with Gasteiger partial charge in [-0.3, -0.25) is 0 Å². The largest absolute Gasteiger partial charge is 0.445 e. The molecule has 2 heterocycles. The van der Waals surface area contributed by atoms with Crippen LogP contribution in [0.3, 0.4) is 0 Å². The molecule has 1 amide bonds.